The number of aliphatic hydroxyl groups excluding tert-OH is 4. The predicted molar refractivity (Wildman–Crippen MR) is 72.8 cm³/mol. The Kier molecular flexibility index (Phi) is 7.46. The highest BCUT2D eigenvalue weighted by Crippen LogP contribution is 2.19. The number of ether oxygens (including phenoxy) is 1. The molecule has 0 saturated carbocycles. The van der Waals surface area contributed by atoms with Gasteiger partial charge in [0, 0.05) is 0 Å². The van der Waals surface area contributed by atoms with Crippen LogP contribution in [0.1, 0.15) is 19.3 Å². The van der Waals surface area contributed by atoms with Gasteiger partial charge in [0.15, 0.2) is 6.23 Å². The minimum atomic E-state index is -1.53. The largest absolute Gasteiger partial charge is 0.394 e. The van der Waals surface area contributed by atoms with Crippen molar-refractivity contribution in [1.29, 1.82) is 0 Å². The summed E-state index contributed by atoms with van der Waals surface area (Å²) < 4.78 is 5.16. The average Bonchev–Trinajstić information content (AvgIpc) is 2.47. The summed E-state index contributed by atoms with van der Waals surface area (Å²) in [5, 5.41) is 40.4. The molecule has 0 aromatic rings. The third-order valence-corrected chi connectivity index (χ3v) is 3.48. The highest BCUT2D eigenvalue weighted by atomic mass is 16.6. The molecule has 9 N–H and O–H groups in total. The fourth-order valence-corrected chi connectivity index (χ4v) is 2.11. The second-order valence-electron chi connectivity index (χ2n) is 5.15. The quantitative estimate of drug-likeness (QED) is 0.236. The van der Waals surface area contributed by atoms with E-state index in [0.29, 0.717) is 19.4 Å². The molecule has 0 aromatic carbocycles. The van der Waals surface area contributed by atoms with E-state index in [1.807, 2.05) is 0 Å². The molecular weight excluding hydrogens is 282 g/mol. The molecular formula is C12H25N3O6. The third-order valence-electron chi connectivity index (χ3n) is 3.48. The van der Waals surface area contributed by atoms with Crippen LogP contribution < -0.4 is 16.8 Å². The number of aliphatic hydroxyl groups is 4. The van der Waals surface area contributed by atoms with Crippen molar-refractivity contribution in [2.75, 3.05) is 13.2 Å². The fourth-order valence-electron chi connectivity index (χ4n) is 2.11. The van der Waals surface area contributed by atoms with Gasteiger partial charge in [0.05, 0.1) is 12.6 Å². The summed E-state index contributed by atoms with van der Waals surface area (Å²) in [6.45, 7) is -0.0408. The molecule has 6 atom stereocenters. The van der Waals surface area contributed by atoms with Gasteiger partial charge in [-0.25, -0.2) is 0 Å². The van der Waals surface area contributed by atoms with E-state index in [9.17, 15) is 20.1 Å². The minimum absolute atomic E-state index is 0.431. The molecule has 1 aliphatic heterocycles. The summed E-state index contributed by atoms with van der Waals surface area (Å²) in [7, 11) is 0. The molecule has 0 aromatic heterocycles. The molecule has 0 radical (unpaired) electrons. The van der Waals surface area contributed by atoms with Crippen molar-refractivity contribution in [2.45, 2.75) is 55.9 Å². The van der Waals surface area contributed by atoms with Crippen LogP contribution in [0.3, 0.4) is 0 Å². The number of hydrogen-bond donors (Lipinski definition) is 7. The standard InChI is InChI=1S/C12H25N3O6/c13-4-2-1-3-6(14)11(20)15-12-10(19)9(18)8(17)7(5-16)21-12/h6-10,12,16-19H,1-5,13-14H2,(H,15,20)/t6-,7+,8+,9-,10+,12+/m0/s1. The van der Waals surface area contributed by atoms with Crippen molar-refractivity contribution in [3.8, 4) is 0 Å². The molecule has 0 bridgehead atoms. The first kappa shape index (κ1) is 18.2. The molecule has 0 aliphatic carbocycles. The highest BCUT2D eigenvalue weighted by Gasteiger charge is 2.44. The van der Waals surface area contributed by atoms with Crippen molar-refractivity contribution in [1.82, 2.24) is 5.32 Å². The van der Waals surface area contributed by atoms with Gasteiger partial charge in [0.2, 0.25) is 5.91 Å². The first-order valence-corrected chi connectivity index (χ1v) is 6.99. The molecule has 21 heavy (non-hydrogen) atoms. The van der Waals surface area contributed by atoms with Gasteiger partial charge in [-0.3, -0.25) is 4.79 Å². The molecule has 124 valence electrons. The van der Waals surface area contributed by atoms with Crippen molar-refractivity contribution >= 4 is 5.91 Å². The van der Waals surface area contributed by atoms with E-state index >= 15 is 0 Å². The molecule has 1 fully saturated rings. The number of unbranched alkanes of at least 4 members (excludes halogenated alkanes) is 1. The Labute approximate surface area is 122 Å². The molecule has 0 spiro atoms. The molecule has 9 heteroatoms. The van der Waals surface area contributed by atoms with Gasteiger partial charge < -0.3 is 41.9 Å². The van der Waals surface area contributed by atoms with Gasteiger partial charge in [0.25, 0.3) is 0 Å². The van der Waals surface area contributed by atoms with E-state index in [-0.39, 0.29) is 0 Å². The number of nitrogens with two attached hydrogens (primary N) is 2. The van der Waals surface area contributed by atoms with Crippen molar-refractivity contribution in [2.24, 2.45) is 11.5 Å². The van der Waals surface area contributed by atoms with Crippen LogP contribution in [0.5, 0.6) is 0 Å². The number of rotatable bonds is 7. The van der Waals surface area contributed by atoms with Crippen molar-refractivity contribution < 1.29 is 30.0 Å². The first-order valence-electron chi connectivity index (χ1n) is 6.99. The summed E-state index contributed by atoms with van der Waals surface area (Å²) in [5.74, 6) is -0.545. The lowest BCUT2D eigenvalue weighted by Gasteiger charge is -2.40. The Balaban J connectivity index is 2.53. The van der Waals surface area contributed by atoms with E-state index in [1.165, 1.54) is 0 Å². The van der Waals surface area contributed by atoms with Crippen LogP contribution in [0.2, 0.25) is 0 Å². The highest BCUT2D eigenvalue weighted by molar-refractivity contribution is 5.81. The maximum atomic E-state index is 11.9. The molecule has 1 aliphatic rings. The first-order chi connectivity index (χ1) is 9.92. The van der Waals surface area contributed by atoms with Gasteiger partial charge in [-0.2, -0.15) is 0 Å². The zero-order chi connectivity index (χ0) is 16.0. The van der Waals surface area contributed by atoms with E-state index in [2.05, 4.69) is 5.32 Å². The lowest BCUT2D eigenvalue weighted by atomic mass is 9.98. The fraction of sp³-hybridized carbons (Fsp3) is 0.917. The maximum Gasteiger partial charge on any atom is 0.238 e. The van der Waals surface area contributed by atoms with Crippen LogP contribution in [0.4, 0.5) is 0 Å². The Hall–Kier alpha value is -0.810. The number of nitrogens with one attached hydrogen (secondary N) is 1. The number of hydrogen-bond acceptors (Lipinski definition) is 8. The topological polar surface area (TPSA) is 171 Å². The maximum absolute atomic E-state index is 11.9. The summed E-state index contributed by atoms with van der Waals surface area (Å²) >= 11 is 0. The molecule has 0 unspecified atom stereocenters. The lowest BCUT2D eigenvalue weighted by Crippen LogP contribution is -2.64. The van der Waals surface area contributed by atoms with Crippen LogP contribution >= 0.6 is 0 Å². The summed E-state index contributed by atoms with van der Waals surface area (Å²) in [6, 6.07) is -0.788. The smallest absolute Gasteiger partial charge is 0.238 e. The van der Waals surface area contributed by atoms with E-state index in [0.717, 1.165) is 6.42 Å². The SMILES string of the molecule is NCCCC[C@H](N)C(=O)N[C@@H]1O[C@H](CO)[C@@H](O)[C@H](O)[C@H]1O. The monoisotopic (exact) mass is 307 g/mol. The minimum Gasteiger partial charge on any atom is -0.394 e. The Morgan fingerprint density at radius 2 is 1.86 bits per heavy atom. The Morgan fingerprint density at radius 1 is 1.19 bits per heavy atom. The second-order valence-corrected chi connectivity index (χ2v) is 5.15. The average molecular weight is 307 g/mol. The van der Waals surface area contributed by atoms with E-state index in [4.69, 9.17) is 21.3 Å². The zero-order valence-electron chi connectivity index (χ0n) is 11.8. The van der Waals surface area contributed by atoms with Crippen LogP contribution in [-0.2, 0) is 9.53 Å². The normalized spacial score (nSPS) is 34.5. The van der Waals surface area contributed by atoms with E-state index in [1.54, 1.807) is 0 Å². The Bertz CT molecular complexity index is 330. The summed E-state index contributed by atoms with van der Waals surface area (Å²) in [4.78, 5) is 11.9. The van der Waals surface area contributed by atoms with Gasteiger partial charge in [-0.05, 0) is 19.4 Å². The molecule has 1 rings (SSSR count). The van der Waals surface area contributed by atoms with Gasteiger partial charge in [-0.1, -0.05) is 6.42 Å². The number of carbonyl (C=O) groups excluding carboxylic acids is 1. The van der Waals surface area contributed by atoms with Crippen LogP contribution in [0, 0.1) is 0 Å². The second kappa shape index (κ2) is 8.59. The van der Waals surface area contributed by atoms with Crippen LogP contribution in [-0.4, -0.2) is 76.2 Å². The van der Waals surface area contributed by atoms with Crippen molar-refractivity contribution in [3.63, 3.8) is 0 Å². The van der Waals surface area contributed by atoms with Crippen molar-refractivity contribution in [3.05, 3.63) is 0 Å². The van der Waals surface area contributed by atoms with Crippen LogP contribution in [0.25, 0.3) is 0 Å². The van der Waals surface area contributed by atoms with Gasteiger partial charge >= 0.3 is 0 Å². The zero-order valence-corrected chi connectivity index (χ0v) is 11.8. The summed E-state index contributed by atoms with van der Waals surface area (Å²) in [6.07, 6.45) is -4.94. The third kappa shape index (κ3) is 4.85. The summed E-state index contributed by atoms with van der Waals surface area (Å²) in [5.41, 5.74) is 11.0. The van der Waals surface area contributed by atoms with Gasteiger partial charge in [0.1, 0.15) is 24.4 Å². The number of amides is 1. The van der Waals surface area contributed by atoms with E-state index < -0.39 is 49.2 Å². The lowest BCUT2D eigenvalue weighted by molar-refractivity contribution is -0.236. The molecule has 1 amide bonds. The van der Waals surface area contributed by atoms with Crippen LogP contribution in [0.15, 0.2) is 0 Å². The molecule has 1 saturated heterocycles. The number of carbonyl (C=O) groups is 1. The Morgan fingerprint density at radius 3 is 2.43 bits per heavy atom. The molecule has 1 heterocycles. The van der Waals surface area contributed by atoms with Gasteiger partial charge in [-0.15, -0.1) is 0 Å². The predicted octanol–water partition coefficient (Wildman–Crippen LogP) is -3.64. The molecule has 9 nitrogen and oxygen atoms in total.